The van der Waals surface area contributed by atoms with Crippen molar-refractivity contribution >= 4 is 17.5 Å². The van der Waals surface area contributed by atoms with Gasteiger partial charge in [-0.05, 0) is 12.1 Å². The molecule has 1 aliphatic rings. The minimum atomic E-state index is -0.379. The van der Waals surface area contributed by atoms with Crippen LogP contribution in [-0.4, -0.2) is 45.2 Å². The lowest BCUT2D eigenvalue weighted by atomic mass is 10.1. The van der Waals surface area contributed by atoms with E-state index in [0.717, 1.165) is 6.54 Å². The van der Waals surface area contributed by atoms with Crippen molar-refractivity contribution in [2.75, 3.05) is 32.6 Å². The van der Waals surface area contributed by atoms with Crippen molar-refractivity contribution in [3.63, 3.8) is 0 Å². The number of piperazine rings is 1. The van der Waals surface area contributed by atoms with Gasteiger partial charge in [0.2, 0.25) is 5.91 Å². The first kappa shape index (κ1) is 15.1. The van der Waals surface area contributed by atoms with Crippen molar-refractivity contribution in [2.45, 2.75) is 12.5 Å². The van der Waals surface area contributed by atoms with Crippen molar-refractivity contribution in [3.8, 4) is 11.5 Å². The first-order valence-electron chi connectivity index (χ1n) is 6.77. The predicted octanol–water partition coefficient (Wildman–Crippen LogP) is -0.906. The lowest BCUT2D eigenvalue weighted by Gasteiger charge is -2.20. The Bertz CT molecular complexity index is 533. The average molecular weight is 294 g/mol. The molecule has 1 aromatic rings. The van der Waals surface area contributed by atoms with Crippen LogP contribution in [-0.2, 0) is 9.59 Å². The molecule has 1 aliphatic heterocycles. The average Bonchev–Trinajstić information content (AvgIpc) is 2.49. The highest BCUT2D eigenvalue weighted by Crippen LogP contribution is 2.28. The zero-order valence-electron chi connectivity index (χ0n) is 12.1. The number of rotatable bonds is 5. The number of anilines is 1. The standard InChI is InChI=1S/C14H19N3O4/c1-20-9-3-4-12(21-2)10(7-9)17-13(18)8-11-14(19)16-6-5-15-11/h3-4,7,11,15H,5-6,8H2,1-2H3,(H,16,19)(H,17,18)/p+1/t11-/m0/s1. The SMILES string of the molecule is COc1ccc(OC)c(NC(=O)C[C@@H]2[NH2+]CCNC2=O)c1. The molecule has 1 fully saturated rings. The molecule has 1 aromatic carbocycles. The van der Waals surface area contributed by atoms with Gasteiger partial charge in [-0.15, -0.1) is 0 Å². The van der Waals surface area contributed by atoms with Crippen molar-refractivity contribution in [2.24, 2.45) is 0 Å². The Kier molecular flexibility index (Phi) is 4.99. The molecule has 2 rings (SSSR count). The monoisotopic (exact) mass is 294 g/mol. The van der Waals surface area contributed by atoms with Crippen LogP contribution in [0.25, 0.3) is 0 Å². The van der Waals surface area contributed by atoms with E-state index in [2.05, 4.69) is 10.6 Å². The van der Waals surface area contributed by atoms with Gasteiger partial charge >= 0.3 is 0 Å². The third-order valence-electron chi connectivity index (χ3n) is 3.32. The number of carbonyl (C=O) groups is 2. The van der Waals surface area contributed by atoms with E-state index in [-0.39, 0.29) is 24.3 Å². The van der Waals surface area contributed by atoms with E-state index in [1.807, 2.05) is 5.32 Å². The summed E-state index contributed by atoms with van der Waals surface area (Å²) in [6.45, 7) is 1.42. The molecule has 0 spiro atoms. The number of hydrogen-bond acceptors (Lipinski definition) is 4. The van der Waals surface area contributed by atoms with Crippen LogP contribution in [0.4, 0.5) is 5.69 Å². The first-order valence-corrected chi connectivity index (χ1v) is 6.77. The van der Waals surface area contributed by atoms with Crippen LogP contribution in [0.2, 0.25) is 0 Å². The largest absolute Gasteiger partial charge is 0.497 e. The highest BCUT2D eigenvalue weighted by atomic mass is 16.5. The van der Waals surface area contributed by atoms with E-state index < -0.39 is 0 Å². The van der Waals surface area contributed by atoms with Gasteiger partial charge in [0.1, 0.15) is 11.5 Å². The molecule has 0 aromatic heterocycles. The minimum Gasteiger partial charge on any atom is -0.497 e. The maximum Gasteiger partial charge on any atom is 0.278 e. The number of quaternary nitrogens is 1. The molecule has 1 atom stereocenters. The summed E-state index contributed by atoms with van der Waals surface area (Å²) in [6, 6.07) is 4.77. The summed E-state index contributed by atoms with van der Waals surface area (Å²) in [6.07, 6.45) is 0.117. The predicted molar refractivity (Wildman–Crippen MR) is 76.4 cm³/mol. The van der Waals surface area contributed by atoms with E-state index in [4.69, 9.17) is 9.47 Å². The van der Waals surface area contributed by atoms with Crippen molar-refractivity contribution in [1.82, 2.24) is 5.32 Å². The van der Waals surface area contributed by atoms with Gasteiger partial charge in [-0.2, -0.15) is 0 Å². The molecule has 7 nitrogen and oxygen atoms in total. The number of nitrogens with one attached hydrogen (secondary N) is 2. The summed E-state index contributed by atoms with van der Waals surface area (Å²) in [4.78, 5) is 23.7. The number of carbonyl (C=O) groups excluding carboxylic acids is 2. The van der Waals surface area contributed by atoms with Crippen LogP contribution >= 0.6 is 0 Å². The Hall–Kier alpha value is -2.28. The van der Waals surface area contributed by atoms with Crippen LogP contribution in [0.3, 0.4) is 0 Å². The maximum absolute atomic E-state index is 12.1. The fraction of sp³-hybridized carbons (Fsp3) is 0.429. The molecule has 2 amide bonds. The molecule has 114 valence electrons. The Morgan fingerprint density at radius 3 is 2.90 bits per heavy atom. The van der Waals surface area contributed by atoms with Crippen molar-refractivity contribution < 1.29 is 24.4 Å². The zero-order valence-corrected chi connectivity index (χ0v) is 12.1. The van der Waals surface area contributed by atoms with E-state index in [1.54, 1.807) is 25.3 Å². The number of amides is 2. The number of nitrogens with two attached hydrogens (primary N) is 1. The Labute approximate surface area is 123 Å². The first-order chi connectivity index (χ1) is 10.1. The number of hydrogen-bond donors (Lipinski definition) is 3. The van der Waals surface area contributed by atoms with Crippen molar-refractivity contribution in [3.05, 3.63) is 18.2 Å². The van der Waals surface area contributed by atoms with Crippen LogP contribution in [0.15, 0.2) is 18.2 Å². The van der Waals surface area contributed by atoms with Crippen LogP contribution in [0.5, 0.6) is 11.5 Å². The molecule has 0 bridgehead atoms. The summed E-state index contributed by atoms with van der Waals surface area (Å²) in [5.41, 5.74) is 0.526. The second-order valence-corrected chi connectivity index (χ2v) is 4.74. The van der Waals surface area contributed by atoms with Crippen LogP contribution in [0, 0.1) is 0 Å². The summed E-state index contributed by atoms with van der Waals surface area (Å²) < 4.78 is 10.3. The van der Waals surface area contributed by atoms with Gasteiger partial charge < -0.3 is 25.4 Å². The third-order valence-corrected chi connectivity index (χ3v) is 3.32. The zero-order chi connectivity index (χ0) is 15.2. The van der Waals surface area contributed by atoms with Crippen molar-refractivity contribution in [1.29, 1.82) is 0 Å². The quantitative estimate of drug-likeness (QED) is 0.656. The highest BCUT2D eigenvalue weighted by molar-refractivity contribution is 5.96. The smallest absolute Gasteiger partial charge is 0.278 e. The third kappa shape index (κ3) is 3.85. The normalized spacial score (nSPS) is 17.8. The molecule has 0 unspecified atom stereocenters. The Balaban J connectivity index is 2.03. The topological polar surface area (TPSA) is 93.3 Å². The second kappa shape index (κ2) is 6.94. The molecule has 0 radical (unpaired) electrons. The summed E-state index contributed by atoms with van der Waals surface area (Å²) >= 11 is 0. The second-order valence-electron chi connectivity index (χ2n) is 4.74. The van der Waals surface area contributed by atoms with Gasteiger partial charge in [-0.1, -0.05) is 0 Å². The highest BCUT2D eigenvalue weighted by Gasteiger charge is 2.28. The molecule has 21 heavy (non-hydrogen) atoms. The van der Waals surface area contributed by atoms with Gasteiger partial charge in [0.05, 0.1) is 39.4 Å². The molecule has 0 aliphatic carbocycles. The van der Waals surface area contributed by atoms with Gasteiger partial charge in [0, 0.05) is 6.07 Å². The van der Waals surface area contributed by atoms with Crippen LogP contribution in [0.1, 0.15) is 6.42 Å². The molecule has 7 heteroatoms. The molecule has 1 saturated heterocycles. The van der Waals surface area contributed by atoms with Gasteiger partial charge in [0.15, 0.2) is 6.04 Å². The summed E-state index contributed by atoms with van der Waals surface area (Å²) in [7, 11) is 3.08. The van der Waals surface area contributed by atoms with Crippen LogP contribution < -0.4 is 25.4 Å². The van der Waals surface area contributed by atoms with E-state index in [9.17, 15) is 9.59 Å². The Morgan fingerprint density at radius 2 is 2.24 bits per heavy atom. The molecule has 4 N–H and O–H groups in total. The minimum absolute atomic E-state index is 0.103. The van der Waals surface area contributed by atoms with E-state index in [1.165, 1.54) is 7.11 Å². The fourth-order valence-electron chi connectivity index (χ4n) is 2.21. The molecule has 1 heterocycles. The number of benzene rings is 1. The Morgan fingerprint density at radius 1 is 1.43 bits per heavy atom. The molecular formula is C14H20N3O4+. The lowest BCUT2D eigenvalue weighted by molar-refractivity contribution is -0.678. The lowest BCUT2D eigenvalue weighted by Crippen LogP contribution is -2.96. The number of ether oxygens (including phenoxy) is 2. The molecular weight excluding hydrogens is 274 g/mol. The summed E-state index contributed by atoms with van der Waals surface area (Å²) in [5.74, 6) is 0.822. The summed E-state index contributed by atoms with van der Waals surface area (Å²) in [5, 5.41) is 7.38. The van der Waals surface area contributed by atoms with Gasteiger partial charge in [-0.3, -0.25) is 9.59 Å². The fourth-order valence-corrected chi connectivity index (χ4v) is 2.21. The molecule has 0 saturated carbocycles. The number of methoxy groups -OCH3 is 2. The maximum atomic E-state index is 12.1. The van der Waals surface area contributed by atoms with Gasteiger partial charge in [-0.25, -0.2) is 0 Å². The van der Waals surface area contributed by atoms with Gasteiger partial charge in [0.25, 0.3) is 5.91 Å². The van der Waals surface area contributed by atoms with E-state index in [0.29, 0.717) is 23.7 Å². The van der Waals surface area contributed by atoms with E-state index >= 15 is 0 Å².